The van der Waals surface area contributed by atoms with Crippen molar-refractivity contribution in [2.24, 2.45) is 0 Å². The van der Waals surface area contributed by atoms with Crippen LogP contribution in [-0.2, 0) is 11.2 Å². The molecule has 0 radical (unpaired) electrons. The fraction of sp³-hybridized carbons (Fsp3) is 0.500. The lowest BCUT2D eigenvalue weighted by atomic mass is 10.1. The Kier molecular flexibility index (Phi) is 7.67. The van der Waals surface area contributed by atoms with Crippen LogP contribution in [0.15, 0.2) is 30.9 Å². The number of rotatable bonds is 9. The van der Waals surface area contributed by atoms with Crippen molar-refractivity contribution in [1.82, 2.24) is 4.90 Å². The normalized spacial score (nSPS) is 10.8. The highest BCUT2D eigenvalue weighted by atomic mass is 16.5. The number of amides is 1. The zero-order chi connectivity index (χ0) is 16.5. The first-order valence-electron chi connectivity index (χ1n) is 7.78. The van der Waals surface area contributed by atoms with Crippen LogP contribution in [0, 0.1) is 0 Å². The van der Waals surface area contributed by atoms with Crippen LogP contribution in [0.25, 0.3) is 0 Å². The molecule has 22 heavy (non-hydrogen) atoms. The average molecular weight is 304 g/mol. The second-order valence-corrected chi connectivity index (χ2v) is 5.77. The van der Waals surface area contributed by atoms with Gasteiger partial charge in [0.25, 0.3) is 0 Å². The number of hydrogen-bond acceptors (Lipinski definition) is 3. The molecule has 0 aliphatic heterocycles. The number of nitrogens with zero attached hydrogens (tertiary/aromatic N) is 1. The Bertz CT molecular complexity index is 498. The van der Waals surface area contributed by atoms with Crippen LogP contribution in [0.3, 0.4) is 0 Å². The molecule has 0 saturated carbocycles. The summed E-state index contributed by atoms with van der Waals surface area (Å²) in [6, 6.07) is 6.27. The van der Waals surface area contributed by atoms with Crippen molar-refractivity contribution in [3.05, 3.63) is 36.4 Å². The second kappa shape index (κ2) is 9.26. The smallest absolute Gasteiger partial charge is 0.221 e. The third-order valence-corrected chi connectivity index (χ3v) is 3.54. The molecule has 1 N–H and O–H groups in total. The molecule has 0 unspecified atom stereocenters. The molecular weight excluding hydrogens is 276 g/mol. The number of allylic oxidation sites excluding steroid dienone is 1. The Hall–Kier alpha value is -1.81. The summed E-state index contributed by atoms with van der Waals surface area (Å²) >= 11 is 0. The Morgan fingerprint density at radius 1 is 1.45 bits per heavy atom. The lowest BCUT2D eigenvalue weighted by Crippen LogP contribution is -2.28. The van der Waals surface area contributed by atoms with Gasteiger partial charge < -0.3 is 15.0 Å². The van der Waals surface area contributed by atoms with Crippen molar-refractivity contribution in [3.63, 3.8) is 0 Å². The lowest BCUT2D eigenvalue weighted by Gasteiger charge is -2.21. The number of carbonyl (C=O) groups is 1. The van der Waals surface area contributed by atoms with Crippen LogP contribution < -0.4 is 10.1 Å². The van der Waals surface area contributed by atoms with Gasteiger partial charge in [0.05, 0.1) is 6.61 Å². The van der Waals surface area contributed by atoms with Crippen LogP contribution >= 0.6 is 0 Å². The van der Waals surface area contributed by atoms with Gasteiger partial charge in [-0.3, -0.25) is 4.79 Å². The average Bonchev–Trinajstić information content (AvgIpc) is 2.44. The van der Waals surface area contributed by atoms with E-state index < -0.39 is 0 Å². The molecule has 122 valence electrons. The molecule has 1 amide bonds. The van der Waals surface area contributed by atoms with E-state index in [2.05, 4.69) is 37.7 Å². The first-order valence-corrected chi connectivity index (χ1v) is 7.78. The summed E-state index contributed by atoms with van der Waals surface area (Å²) in [6.07, 6.45) is 3.54. The van der Waals surface area contributed by atoms with E-state index in [1.165, 1.54) is 6.92 Å². The number of carbonyl (C=O) groups excluding carboxylic acids is 1. The van der Waals surface area contributed by atoms with E-state index in [9.17, 15) is 4.79 Å². The molecule has 0 saturated heterocycles. The van der Waals surface area contributed by atoms with Gasteiger partial charge in [0.1, 0.15) is 5.75 Å². The Morgan fingerprint density at radius 3 is 2.77 bits per heavy atom. The van der Waals surface area contributed by atoms with E-state index in [1.54, 1.807) is 0 Å². The van der Waals surface area contributed by atoms with Crippen LogP contribution in [0.2, 0.25) is 0 Å². The molecule has 4 nitrogen and oxygen atoms in total. The maximum Gasteiger partial charge on any atom is 0.221 e. The first kappa shape index (κ1) is 18.2. The summed E-state index contributed by atoms with van der Waals surface area (Å²) in [5.74, 6) is 0.788. The van der Waals surface area contributed by atoms with Gasteiger partial charge >= 0.3 is 0 Å². The molecule has 0 aliphatic rings. The fourth-order valence-electron chi connectivity index (χ4n) is 2.07. The number of anilines is 1. The zero-order valence-electron chi connectivity index (χ0n) is 14.2. The Balaban J connectivity index is 2.61. The van der Waals surface area contributed by atoms with Crippen LogP contribution in [0.5, 0.6) is 5.75 Å². The van der Waals surface area contributed by atoms with Gasteiger partial charge in [-0.25, -0.2) is 0 Å². The third kappa shape index (κ3) is 6.31. The molecule has 1 aromatic rings. The molecule has 0 aromatic heterocycles. The predicted molar refractivity (Wildman–Crippen MR) is 92.5 cm³/mol. The van der Waals surface area contributed by atoms with Crippen molar-refractivity contribution in [3.8, 4) is 5.75 Å². The van der Waals surface area contributed by atoms with Crippen molar-refractivity contribution in [2.75, 3.05) is 25.5 Å². The van der Waals surface area contributed by atoms with Gasteiger partial charge in [0.2, 0.25) is 5.91 Å². The van der Waals surface area contributed by atoms with Gasteiger partial charge in [0, 0.05) is 25.2 Å². The van der Waals surface area contributed by atoms with Crippen LogP contribution in [0.1, 0.15) is 32.8 Å². The largest absolute Gasteiger partial charge is 0.493 e. The highest BCUT2D eigenvalue weighted by Gasteiger charge is 2.06. The van der Waals surface area contributed by atoms with E-state index in [4.69, 9.17) is 4.74 Å². The minimum atomic E-state index is -0.0741. The fourth-order valence-corrected chi connectivity index (χ4v) is 2.07. The van der Waals surface area contributed by atoms with Crippen LogP contribution in [-0.4, -0.2) is 37.0 Å². The summed E-state index contributed by atoms with van der Waals surface area (Å²) in [4.78, 5) is 13.4. The molecule has 0 bridgehead atoms. The summed E-state index contributed by atoms with van der Waals surface area (Å²) in [5, 5.41) is 2.79. The predicted octanol–water partition coefficient (Wildman–Crippen LogP) is 3.48. The van der Waals surface area contributed by atoms with Crippen molar-refractivity contribution in [2.45, 2.75) is 39.7 Å². The number of benzene rings is 1. The lowest BCUT2D eigenvalue weighted by molar-refractivity contribution is -0.114. The number of nitrogens with one attached hydrogen (secondary N) is 1. The van der Waals surface area contributed by atoms with E-state index in [0.717, 1.165) is 30.0 Å². The molecule has 0 fully saturated rings. The molecule has 0 heterocycles. The quantitative estimate of drug-likeness (QED) is 0.561. The SMILES string of the molecule is C=CCc1cc(NC(C)=O)ccc1OCCCN(C)C(C)C. The van der Waals surface area contributed by atoms with Gasteiger partial charge in [-0.1, -0.05) is 6.08 Å². The minimum absolute atomic E-state index is 0.0741. The van der Waals surface area contributed by atoms with Crippen molar-refractivity contribution < 1.29 is 9.53 Å². The van der Waals surface area contributed by atoms with Gasteiger partial charge in [-0.2, -0.15) is 0 Å². The molecule has 1 aromatic carbocycles. The Labute approximate surface area is 134 Å². The monoisotopic (exact) mass is 304 g/mol. The summed E-state index contributed by atoms with van der Waals surface area (Å²) in [5.41, 5.74) is 1.83. The van der Waals surface area contributed by atoms with Crippen LogP contribution in [0.4, 0.5) is 5.69 Å². The molecule has 4 heteroatoms. The molecule has 0 aliphatic carbocycles. The molecule has 1 rings (SSSR count). The highest BCUT2D eigenvalue weighted by molar-refractivity contribution is 5.88. The molecule has 0 spiro atoms. The van der Waals surface area contributed by atoms with E-state index in [1.807, 2.05) is 24.3 Å². The maximum atomic E-state index is 11.1. The number of ether oxygens (including phenoxy) is 1. The molecular formula is C18H28N2O2. The van der Waals surface area contributed by atoms with E-state index in [0.29, 0.717) is 19.1 Å². The minimum Gasteiger partial charge on any atom is -0.493 e. The standard InChI is InChI=1S/C18H28N2O2/c1-6-8-16-13-17(19-15(4)21)9-10-18(16)22-12-7-11-20(5)14(2)3/h6,9-10,13-14H,1,7-8,11-12H2,2-5H3,(H,19,21). The summed E-state index contributed by atoms with van der Waals surface area (Å²) in [6.45, 7) is 11.3. The summed E-state index contributed by atoms with van der Waals surface area (Å²) in [7, 11) is 2.12. The highest BCUT2D eigenvalue weighted by Crippen LogP contribution is 2.24. The second-order valence-electron chi connectivity index (χ2n) is 5.77. The third-order valence-electron chi connectivity index (χ3n) is 3.54. The first-order chi connectivity index (χ1) is 10.4. The summed E-state index contributed by atoms with van der Waals surface area (Å²) < 4.78 is 5.89. The Morgan fingerprint density at radius 2 is 2.18 bits per heavy atom. The van der Waals surface area contributed by atoms with Gasteiger partial charge in [-0.05, 0) is 57.5 Å². The zero-order valence-corrected chi connectivity index (χ0v) is 14.2. The molecule has 0 atom stereocenters. The van der Waals surface area contributed by atoms with Gasteiger partial charge in [-0.15, -0.1) is 6.58 Å². The maximum absolute atomic E-state index is 11.1. The van der Waals surface area contributed by atoms with E-state index >= 15 is 0 Å². The van der Waals surface area contributed by atoms with Crippen molar-refractivity contribution in [1.29, 1.82) is 0 Å². The topological polar surface area (TPSA) is 41.6 Å². The van der Waals surface area contributed by atoms with E-state index in [-0.39, 0.29) is 5.91 Å². The van der Waals surface area contributed by atoms with Crippen molar-refractivity contribution >= 4 is 11.6 Å². The van der Waals surface area contributed by atoms with Gasteiger partial charge in [0.15, 0.2) is 0 Å². The number of hydrogen-bond donors (Lipinski definition) is 1.